The maximum atomic E-state index is 2.56. The molecule has 4 nitrogen and oxygen atoms in total. The van der Waals surface area contributed by atoms with Gasteiger partial charge in [0.15, 0.2) is 0 Å². The highest BCUT2D eigenvalue weighted by molar-refractivity contribution is 5.97. The summed E-state index contributed by atoms with van der Waals surface area (Å²) < 4.78 is 0. The Hall–Kier alpha value is -16.4. The van der Waals surface area contributed by atoms with Crippen molar-refractivity contribution in [1.29, 1.82) is 0 Å². The second-order valence-electron chi connectivity index (χ2n) is 39.5. The Labute approximate surface area is 816 Å². The maximum absolute atomic E-state index is 2.56. The van der Waals surface area contributed by atoms with Crippen LogP contribution in [0.3, 0.4) is 0 Å². The molecule has 6 aliphatic carbocycles. The molecule has 664 valence electrons. The Kier molecular flexibility index (Phi) is 19.7. The van der Waals surface area contributed by atoms with Gasteiger partial charge in [0.25, 0.3) is 0 Å². The minimum atomic E-state index is -0.749. The van der Waals surface area contributed by atoms with E-state index < -0.39 is 16.2 Å². The lowest BCUT2D eigenvalue weighted by Crippen LogP contribution is -2.31. The highest BCUT2D eigenvalue weighted by Gasteiger charge is 2.52. The molecule has 0 fully saturated rings. The van der Waals surface area contributed by atoms with Crippen LogP contribution in [0.1, 0.15) is 134 Å². The average molecular weight is 1780 g/mol. The Morgan fingerprint density at radius 3 is 0.612 bits per heavy atom. The lowest BCUT2D eigenvalue weighted by atomic mass is 9.65. The molecule has 6 aliphatic rings. The largest absolute Gasteiger partial charge is 0.310 e. The number of benzene rings is 20. The summed E-state index contributed by atoms with van der Waals surface area (Å²) in [5.41, 5.74) is 55.5. The van der Waals surface area contributed by atoms with Crippen molar-refractivity contribution < 1.29 is 0 Å². The molecule has 0 amide bonds. The molecule has 0 bridgehead atoms. The van der Waals surface area contributed by atoms with Gasteiger partial charge in [-0.2, -0.15) is 0 Å². The summed E-state index contributed by atoms with van der Waals surface area (Å²) in [6.45, 7) is 13.7. The van der Waals surface area contributed by atoms with Crippen LogP contribution in [0.4, 0.5) is 68.2 Å². The van der Waals surface area contributed by atoms with Crippen molar-refractivity contribution in [3.05, 3.63) is 582 Å². The number of hydrogen-bond acceptors (Lipinski definition) is 4. The number of aryl methyl sites for hydroxylation is 12. The van der Waals surface area contributed by atoms with Crippen LogP contribution < -0.4 is 19.6 Å². The molecule has 0 aliphatic heterocycles. The van der Waals surface area contributed by atoms with Gasteiger partial charge in [0.2, 0.25) is 0 Å². The summed E-state index contributed by atoms with van der Waals surface area (Å²) in [7, 11) is 0. The summed E-state index contributed by atoms with van der Waals surface area (Å²) in [6, 6.07) is 172. The third-order valence-electron chi connectivity index (χ3n) is 31.7. The van der Waals surface area contributed by atoms with Crippen molar-refractivity contribution in [1.82, 2.24) is 0 Å². The number of fused-ring (bicyclic) bond motifs is 12. The summed E-state index contributed by atoms with van der Waals surface area (Å²) in [5, 5.41) is 0. The van der Waals surface area contributed by atoms with Gasteiger partial charge in [0, 0.05) is 68.2 Å². The molecule has 0 spiro atoms. The smallest absolute Gasteiger partial charge is 0.0717 e. The second-order valence-corrected chi connectivity index (χ2v) is 39.5. The van der Waals surface area contributed by atoms with Crippen LogP contribution in [0.5, 0.6) is 0 Å². The lowest BCUT2D eigenvalue weighted by Gasteiger charge is -2.38. The first kappa shape index (κ1) is 83.2. The molecule has 0 N–H and O–H groups in total. The van der Waals surface area contributed by atoms with Crippen LogP contribution in [0, 0.1) is 41.5 Å². The van der Waals surface area contributed by atoms with Crippen molar-refractivity contribution >= 4 is 68.2 Å². The summed E-state index contributed by atoms with van der Waals surface area (Å²) >= 11 is 0. The number of rotatable bonds is 20. The van der Waals surface area contributed by atoms with Gasteiger partial charge in [-0.25, -0.2) is 0 Å². The summed E-state index contributed by atoms with van der Waals surface area (Å²) in [5.74, 6) is 0. The second kappa shape index (κ2) is 33.0. The monoisotopic (exact) mass is 1780 g/mol. The first-order chi connectivity index (χ1) is 68.3. The zero-order chi connectivity index (χ0) is 92.9. The van der Waals surface area contributed by atoms with Gasteiger partial charge in [-0.3, -0.25) is 0 Å². The standard InChI is InChI=1S/C135H104N4/c1-87-35-38-90(4)126(77-87)133(103-58-47-97-41-44-100(97)80-103)124-33-21-19-31-118(124)120-73-69-114(83-129(120)133)136(106-23-11-7-12-24-106)110-61-50-93(51-62-110)95-54-65-112(66-55-95)138(108-27-15-9-16-28-108)116-71-75-122-123-76-72-117(86-132(123)135(131(122)85-116,128-79-89(3)37-40-92(128)6)105-60-49-99-43-46-102(99)82-105)139(109-29-17-10-18-30-109)113-67-56-96(57-68-113)94-52-63-111(64-53-94)137(107-25-13-8-14-26-107)115-70-74-121-119-32-20-22-34-125(119)134(130(121)84-115,127-78-88(2)36-39-91(127)5)104-59-48-98-42-45-101(98)81-104/h7-40,47-86H,41-46H2,1-6H3. The summed E-state index contributed by atoms with van der Waals surface area (Å²) in [6.07, 6.45) is 6.67. The van der Waals surface area contributed by atoms with E-state index in [-0.39, 0.29) is 0 Å². The molecule has 26 rings (SSSR count). The highest BCUT2D eigenvalue weighted by atomic mass is 15.2. The van der Waals surface area contributed by atoms with Gasteiger partial charge in [-0.15, -0.1) is 0 Å². The Bertz CT molecular complexity index is 7870. The normalized spacial score (nSPS) is 16.0. The van der Waals surface area contributed by atoms with Crippen LogP contribution in [0.15, 0.2) is 449 Å². The summed E-state index contributed by atoms with van der Waals surface area (Å²) in [4.78, 5) is 9.82. The number of nitrogens with zero attached hydrogens (tertiary/aromatic N) is 4. The zero-order valence-corrected chi connectivity index (χ0v) is 79.3. The van der Waals surface area contributed by atoms with Gasteiger partial charge >= 0.3 is 0 Å². The molecule has 4 heteroatoms. The van der Waals surface area contributed by atoms with E-state index in [1.165, 1.54) is 167 Å². The molecular formula is C135H104N4. The topological polar surface area (TPSA) is 13.0 Å². The van der Waals surface area contributed by atoms with E-state index in [4.69, 9.17) is 0 Å². The van der Waals surface area contributed by atoms with Gasteiger partial charge in [-0.05, 0) is 398 Å². The van der Waals surface area contributed by atoms with E-state index >= 15 is 0 Å². The fourth-order valence-electron chi connectivity index (χ4n) is 24.7. The Morgan fingerprint density at radius 1 is 0.151 bits per heavy atom. The molecule has 2 unspecified atom stereocenters. The van der Waals surface area contributed by atoms with Crippen LogP contribution >= 0.6 is 0 Å². The Morgan fingerprint density at radius 2 is 0.367 bits per heavy atom. The van der Waals surface area contributed by atoms with E-state index in [0.29, 0.717) is 0 Å². The van der Waals surface area contributed by atoms with Crippen molar-refractivity contribution in [2.75, 3.05) is 19.6 Å². The minimum absolute atomic E-state index is 0.538. The quantitative estimate of drug-likeness (QED) is 0.0754. The lowest BCUT2D eigenvalue weighted by molar-refractivity contribution is 0.745. The van der Waals surface area contributed by atoms with Gasteiger partial charge in [0.1, 0.15) is 0 Å². The fourth-order valence-corrected chi connectivity index (χ4v) is 24.7. The zero-order valence-electron chi connectivity index (χ0n) is 79.3. The van der Waals surface area contributed by atoms with Crippen LogP contribution in [0.25, 0.3) is 55.6 Å². The van der Waals surface area contributed by atoms with Gasteiger partial charge < -0.3 is 19.6 Å². The molecule has 0 aromatic heterocycles. The number of hydrogen-bond donors (Lipinski definition) is 0. The molecular weight excluding hydrogens is 1680 g/mol. The van der Waals surface area contributed by atoms with Gasteiger partial charge in [-0.1, -0.05) is 320 Å². The van der Waals surface area contributed by atoms with Crippen molar-refractivity contribution in [3.63, 3.8) is 0 Å². The van der Waals surface area contributed by atoms with E-state index in [1.807, 2.05) is 0 Å². The third-order valence-corrected chi connectivity index (χ3v) is 31.7. The fraction of sp³-hybridized carbons (Fsp3) is 0.111. The predicted molar refractivity (Wildman–Crippen MR) is 579 cm³/mol. The SMILES string of the molecule is Cc1ccc(C)c(C2(c3ccc4c(c3)CC4)c3ccccc3-c3ccc(N(c4ccccc4)c4ccc(-c5ccc(N(c6ccccc6)c6ccc7c(c6)C(c6ccc8c(c6)CC8)(c6cc(C)ccc6C)c6cc(N(c8ccccc8)c8ccc(-c9ccc(N(c%10ccccc%10)c%10ccc%11c(c%10)C(c%10ccc%12c(c%10)CC%12)(c%10cc(C)ccc%10C)c%10ccccc%10-%11)cc9)cc8)ccc6-7)cc5)cc4)cc32)c1. The molecule has 0 saturated carbocycles. The first-order valence-corrected chi connectivity index (χ1v) is 49.5. The first-order valence-electron chi connectivity index (χ1n) is 49.5. The third kappa shape index (κ3) is 13.2. The molecule has 20 aromatic rings. The molecule has 0 heterocycles. The van der Waals surface area contributed by atoms with Gasteiger partial charge in [0.05, 0.1) is 16.2 Å². The van der Waals surface area contributed by atoms with E-state index in [1.54, 1.807) is 0 Å². The Balaban J connectivity index is 0.549. The predicted octanol–water partition coefficient (Wildman–Crippen LogP) is 34.1. The van der Waals surface area contributed by atoms with E-state index in [0.717, 1.165) is 129 Å². The van der Waals surface area contributed by atoms with Crippen molar-refractivity contribution in [2.24, 2.45) is 0 Å². The van der Waals surface area contributed by atoms with E-state index in [2.05, 4.69) is 510 Å². The van der Waals surface area contributed by atoms with Crippen molar-refractivity contribution in [3.8, 4) is 55.6 Å². The number of para-hydroxylation sites is 4. The van der Waals surface area contributed by atoms with Crippen LogP contribution in [-0.4, -0.2) is 0 Å². The molecule has 139 heavy (non-hydrogen) atoms. The minimum Gasteiger partial charge on any atom is -0.310 e. The maximum Gasteiger partial charge on any atom is 0.0717 e. The van der Waals surface area contributed by atoms with Crippen molar-refractivity contribution in [2.45, 2.75) is 96.3 Å². The number of anilines is 12. The van der Waals surface area contributed by atoms with Crippen LogP contribution in [0.2, 0.25) is 0 Å². The molecule has 0 radical (unpaired) electrons. The highest BCUT2D eigenvalue weighted by Crippen LogP contribution is 2.64. The average Bonchev–Trinajstić information content (AvgIpc) is 1.54. The molecule has 0 saturated heterocycles. The van der Waals surface area contributed by atoms with Crippen LogP contribution in [-0.2, 0) is 54.8 Å². The molecule has 20 aromatic carbocycles. The van der Waals surface area contributed by atoms with E-state index in [9.17, 15) is 0 Å². The molecule has 2 atom stereocenters.